The Kier molecular flexibility index (Phi) is 1.44. The van der Waals surface area contributed by atoms with E-state index in [0.29, 0.717) is 11.6 Å². The van der Waals surface area contributed by atoms with Crippen molar-refractivity contribution in [2.24, 2.45) is 23.7 Å². The number of hydrogen-bond donors (Lipinski definition) is 0. The maximum atomic E-state index is 11.9. The van der Waals surface area contributed by atoms with E-state index >= 15 is 0 Å². The number of rotatable bonds is 0. The third-order valence-electron chi connectivity index (χ3n) is 4.25. The summed E-state index contributed by atoms with van der Waals surface area (Å²) in [5.41, 5.74) is 0. The van der Waals surface area contributed by atoms with E-state index in [2.05, 4.69) is 0 Å². The van der Waals surface area contributed by atoms with Crippen molar-refractivity contribution in [3.63, 3.8) is 0 Å². The minimum Gasteiger partial charge on any atom is -0.299 e. The Hall–Kier alpha value is -0.660. The fourth-order valence-corrected chi connectivity index (χ4v) is 3.63. The maximum Gasteiger partial charge on any atom is 0.140 e. The molecule has 0 N–H and O–H groups in total. The van der Waals surface area contributed by atoms with Gasteiger partial charge in [-0.2, -0.15) is 0 Å². The highest BCUT2D eigenvalue weighted by atomic mass is 16.1. The van der Waals surface area contributed by atoms with Gasteiger partial charge in [-0.05, 0) is 25.7 Å². The Morgan fingerprint density at radius 3 is 1.54 bits per heavy atom. The molecule has 70 valence electrons. The lowest BCUT2D eigenvalue weighted by atomic mass is 9.65. The van der Waals surface area contributed by atoms with E-state index in [1.807, 2.05) is 0 Å². The van der Waals surface area contributed by atoms with Crippen LogP contribution in [0.5, 0.6) is 0 Å². The van der Waals surface area contributed by atoms with Crippen molar-refractivity contribution >= 4 is 11.6 Å². The zero-order chi connectivity index (χ0) is 9.00. The molecule has 3 aliphatic carbocycles. The summed E-state index contributed by atoms with van der Waals surface area (Å²) in [5.74, 6) is 1.38. The summed E-state index contributed by atoms with van der Waals surface area (Å²) in [6.07, 6.45) is 5.13. The molecule has 4 unspecified atom stereocenters. The second-order valence-electron chi connectivity index (χ2n) is 4.74. The normalized spacial score (nSPS) is 48.3. The second-order valence-corrected chi connectivity index (χ2v) is 4.74. The van der Waals surface area contributed by atoms with Gasteiger partial charge in [0, 0.05) is 23.7 Å². The van der Waals surface area contributed by atoms with Crippen molar-refractivity contribution in [2.75, 3.05) is 0 Å². The van der Waals surface area contributed by atoms with E-state index < -0.39 is 0 Å². The van der Waals surface area contributed by atoms with Gasteiger partial charge in [-0.15, -0.1) is 0 Å². The van der Waals surface area contributed by atoms with Crippen LogP contribution in [-0.2, 0) is 9.59 Å². The third-order valence-corrected chi connectivity index (χ3v) is 4.25. The standard InChI is InChI=1S/C11H14O2/c12-10-6-2-1-3-7(10)9-5-4-8(6)11(9)13/h6-9H,1-5H2. The minimum atomic E-state index is 0.130. The SMILES string of the molecule is O=C1C2CCCC1C1CCC2C1=O. The number of carbonyl (C=O) groups excluding carboxylic acids is 2. The van der Waals surface area contributed by atoms with E-state index in [1.165, 1.54) is 6.42 Å². The summed E-state index contributed by atoms with van der Waals surface area (Å²) >= 11 is 0. The van der Waals surface area contributed by atoms with Crippen LogP contribution >= 0.6 is 0 Å². The molecule has 0 amide bonds. The highest BCUT2D eigenvalue weighted by Gasteiger charge is 2.54. The van der Waals surface area contributed by atoms with E-state index in [4.69, 9.17) is 0 Å². The molecular formula is C11H14O2. The predicted molar refractivity (Wildman–Crippen MR) is 47.1 cm³/mol. The summed E-state index contributed by atoms with van der Waals surface area (Å²) in [7, 11) is 0. The molecule has 2 heteroatoms. The van der Waals surface area contributed by atoms with Crippen LogP contribution in [0.25, 0.3) is 0 Å². The van der Waals surface area contributed by atoms with Gasteiger partial charge in [0.15, 0.2) is 0 Å². The molecule has 0 aromatic rings. The molecule has 3 fully saturated rings. The molecule has 0 aliphatic heterocycles. The number of Topliss-reactive ketones (excluding diaryl/α,β-unsaturated/α-hetero) is 2. The van der Waals surface area contributed by atoms with Crippen molar-refractivity contribution < 1.29 is 9.59 Å². The summed E-state index contributed by atoms with van der Waals surface area (Å²) < 4.78 is 0. The molecule has 4 bridgehead atoms. The van der Waals surface area contributed by atoms with E-state index in [1.54, 1.807) is 0 Å². The molecule has 2 nitrogen and oxygen atoms in total. The lowest BCUT2D eigenvalue weighted by molar-refractivity contribution is -0.146. The molecule has 3 saturated carbocycles. The highest BCUT2D eigenvalue weighted by molar-refractivity contribution is 6.01. The van der Waals surface area contributed by atoms with Crippen LogP contribution in [0.3, 0.4) is 0 Å². The fraction of sp³-hybridized carbons (Fsp3) is 0.818. The highest BCUT2D eigenvalue weighted by Crippen LogP contribution is 2.49. The zero-order valence-electron chi connectivity index (χ0n) is 7.66. The molecule has 13 heavy (non-hydrogen) atoms. The first-order chi connectivity index (χ1) is 6.29. The Morgan fingerprint density at radius 2 is 1.08 bits per heavy atom. The Labute approximate surface area is 77.7 Å². The summed E-state index contributed by atoms with van der Waals surface area (Å²) in [6.45, 7) is 0. The average Bonchev–Trinajstić information content (AvgIpc) is 2.46. The largest absolute Gasteiger partial charge is 0.299 e. The van der Waals surface area contributed by atoms with Gasteiger partial charge in [0.25, 0.3) is 0 Å². The van der Waals surface area contributed by atoms with Gasteiger partial charge in [0.05, 0.1) is 0 Å². The topological polar surface area (TPSA) is 34.1 Å². The first kappa shape index (κ1) is 7.72. The molecular weight excluding hydrogens is 164 g/mol. The monoisotopic (exact) mass is 178 g/mol. The van der Waals surface area contributed by atoms with Gasteiger partial charge in [0.2, 0.25) is 0 Å². The van der Waals surface area contributed by atoms with Crippen molar-refractivity contribution in [1.82, 2.24) is 0 Å². The molecule has 0 saturated heterocycles. The summed E-state index contributed by atoms with van der Waals surface area (Å²) in [5, 5.41) is 0. The molecule has 3 aliphatic rings. The lowest BCUT2D eigenvalue weighted by Gasteiger charge is -2.37. The van der Waals surface area contributed by atoms with Gasteiger partial charge < -0.3 is 0 Å². The van der Waals surface area contributed by atoms with E-state index in [-0.39, 0.29) is 23.7 Å². The first-order valence-electron chi connectivity index (χ1n) is 5.36. The van der Waals surface area contributed by atoms with Crippen LogP contribution in [-0.4, -0.2) is 11.6 Å². The molecule has 0 aromatic heterocycles. The Bertz CT molecular complexity index is 258. The van der Waals surface area contributed by atoms with Gasteiger partial charge in [-0.1, -0.05) is 6.42 Å². The Morgan fingerprint density at radius 1 is 0.692 bits per heavy atom. The van der Waals surface area contributed by atoms with Crippen LogP contribution in [0.2, 0.25) is 0 Å². The van der Waals surface area contributed by atoms with Gasteiger partial charge in [-0.25, -0.2) is 0 Å². The predicted octanol–water partition coefficient (Wildman–Crippen LogP) is 1.58. The van der Waals surface area contributed by atoms with Crippen molar-refractivity contribution in [3.05, 3.63) is 0 Å². The van der Waals surface area contributed by atoms with Crippen LogP contribution < -0.4 is 0 Å². The zero-order valence-corrected chi connectivity index (χ0v) is 7.66. The number of carbonyl (C=O) groups is 2. The fourth-order valence-electron chi connectivity index (χ4n) is 3.63. The number of hydrogen-bond acceptors (Lipinski definition) is 2. The van der Waals surface area contributed by atoms with Crippen LogP contribution in [0.15, 0.2) is 0 Å². The van der Waals surface area contributed by atoms with E-state index in [9.17, 15) is 9.59 Å². The smallest absolute Gasteiger partial charge is 0.140 e. The maximum absolute atomic E-state index is 11.9. The second kappa shape index (κ2) is 2.43. The third kappa shape index (κ3) is 0.839. The van der Waals surface area contributed by atoms with Gasteiger partial charge in [-0.3, -0.25) is 9.59 Å². The molecule has 0 aromatic carbocycles. The quantitative estimate of drug-likeness (QED) is 0.564. The van der Waals surface area contributed by atoms with Crippen LogP contribution in [0, 0.1) is 23.7 Å². The van der Waals surface area contributed by atoms with E-state index in [0.717, 1.165) is 25.7 Å². The summed E-state index contributed by atoms with van der Waals surface area (Å²) in [6, 6.07) is 0. The van der Waals surface area contributed by atoms with Crippen LogP contribution in [0.4, 0.5) is 0 Å². The Balaban J connectivity index is 2.05. The minimum absolute atomic E-state index is 0.130. The van der Waals surface area contributed by atoms with Crippen LogP contribution in [0.1, 0.15) is 32.1 Å². The number of fused-ring (bicyclic) bond motifs is 6. The molecule has 0 radical (unpaired) electrons. The molecule has 0 heterocycles. The average molecular weight is 178 g/mol. The van der Waals surface area contributed by atoms with Crippen molar-refractivity contribution in [1.29, 1.82) is 0 Å². The molecule has 0 spiro atoms. The van der Waals surface area contributed by atoms with Gasteiger partial charge in [0.1, 0.15) is 11.6 Å². The molecule has 4 atom stereocenters. The number of ketones is 2. The van der Waals surface area contributed by atoms with Gasteiger partial charge >= 0.3 is 0 Å². The first-order valence-corrected chi connectivity index (χ1v) is 5.36. The molecule has 3 rings (SSSR count). The van der Waals surface area contributed by atoms with Crippen molar-refractivity contribution in [2.45, 2.75) is 32.1 Å². The van der Waals surface area contributed by atoms with Crippen molar-refractivity contribution in [3.8, 4) is 0 Å². The lowest BCUT2D eigenvalue weighted by Crippen LogP contribution is -2.45. The summed E-state index contributed by atoms with van der Waals surface area (Å²) in [4.78, 5) is 23.7.